The number of hydrogen-bond acceptors (Lipinski definition) is 6. The number of phosphoric acid groups is 1. The van der Waals surface area contributed by atoms with Gasteiger partial charge in [-0.2, -0.15) is 0 Å². The standard InChI is InChI=1S/C36H53O6PSi/c1-9-10-23-35(6,37)24-17-22-30-31-25-27(2)33(36(31,42-44(7)8)26-32(30)34(3,4)5)41-43(38,39-28-18-13-11-14-19-28)40-29-20-15-12-16-21-29/h11-22,30-33,37,44H,2,9-10,23-26H2,1,3-8H3/b22-17+/t30-,31+,32+,33?,35+,36-/m0/s1. The topological polar surface area (TPSA) is 74.2 Å². The van der Waals surface area contributed by atoms with Crippen LogP contribution in [0.3, 0.4) is 0 Å². The Morgan fingerprint density at radius 3 is 2.09 bits per heavy atom. The molecule has 6 nitrogen and oxygen atoms in total. The zero-order valence-electron chi connectivity index (χ0n) is 27.7. The third kappa shape index (κ3) is 8.35. The Hall–Kier alpha value is -2.15. The van der Waals surface area contributed by atoms with Gasteiger partial charge in [-0.15, -0.1) is 0 Å². The molecule has 6 atom stereocenters. The quantitative estimate of drug-likeness (QED) is 0.126. The molecule has 0 aliphatic heterocycles. The van der Waals surface area contributed by atoms with Crippen LogP contribution < -0.4 is 9.05 Å². The van der Waals surface area contributed by atoms with Gasteiger partial charge in [0.2, 0.25) is 0 Å². The van der Waals surface area contributed by atoms with Crippen LogP contribution in [-0.4, -0.2) is 31.5 Å². The summed E-state index contributed by atoms with van der Waals surface area (Å²) in [6.45, 7) is 19.7. The van der Waals surface area contributed by atoms with Crippen LogP contribution in [0, 0.1) is 23.2 Å². The predicted molar refractivity (Wildman–Crippen MR) is 182 cm³/mol. The van der Waals surface area contributed by atoms with E-state index in [2.05, 4.69) is 59.5 Å². The van der Waals surface area contributed by atoms with Gasteiger partial charge in [-0.1, -0.05) is 95.7 Å². The van der Waals surface area contributed by atoms with Crippen LogP contribution in [0.25, 0.3) is 0 Å². The number of rotatable bonds is 14. The molecule has 8 heteroatoms. The summed E-state index contributed by atoms with van der Waals surface area (Å²) in [6, 6.07) is 18.0. The molecular formula is C36H53O6PSi. The van der Waals surface area contributed by atoms with Crippen LogP contribution in [0.15, 0.2) is 85.0 Å². The third-order valence-electron chi connectivity index (χ3n) is 9.10. The van der Waals surface area contributed by atoms with Crippen LogP contribution in [-0.2, 0) is 13.5 Å². The van der Waals surface area contributed by atoms with Gasteiger partial charge >= 0.3 is 7.82 Å². The first kappa shape index (κ1) is 34.7. The second kappa shape index (κ2) is 14.1. The van der Waals surface area contributed by atoms with E-state index in [1.807, 2.05) is 43.3 Å². The van der Waals surface area contributed by atoms with Gasteiger partial charge in [-0.05, 0) is 98.7 Å². The van der Waals surface area contributed by atoms with E-state index in [1.165, 1.54) is 0 Å². The first-order valence-corrected chi connectivity index (χ1v) is 20.4. The average Bonchev–Trinajstić information content (AvgIpc) is 3.37. The second-order valence-electron chi connectivity index (χ2n) is 14.3. The van der Waals surface area contributed by atoms with Crippen molar-refractivity contribution in [3.63, 3.8) is 0 Å². The normalized spacial score (nSPS) is 27.1. The molecule has 2 aliphatic rings. The fraction of sp³-hybridized carbons (Fsp3) is 0.556. The van der Waals surface area contributed by atoms with E-state index in [0.29, 0.717) is 24.3 Å². The molecule has 0 spiro atoms. The zero-order valence-corrected chi connectivity index (χ0v) is 29.7. The minimum atomic E-state index is -4.20. The van der Waals surface area contributed by atoms with Crippen molar-refractivity contribution in [3.8, 4) is 11.5 Å². The number of para-hydroxylation sites is 2. The Morgan fingerprint density at radius 2 is 1.59 bits per heavy atom. The van der Waals surface area contributed by atoms with Gasteiger partial charge in [0.25, 0.3) is 0 Å². The first-order valence-electron chi connectivity index (χ1n) is 16.2. The third-order valence-corrected chi connectivity index (χ3v) is 11.3. The van der Waals surface area contributed by atoms with E-state index < -0.39 is 34.2 Å². The van der Waals surface area contributed by atoms with E-state index in [9.17, 15) is 9.67 Å². The van der Waals surface area contributed by atoms with E-state index in [-0.39, 0.29) is 23.2 Å². The highest BCUT2D eigenvalue weighted by Crippen LogP contribution is 2.65. The van der Waals surface area contributed by atoms with Gasteiger partial charge in [0.1, 0.15) is 17.6 Å². The van der Waals surface area contributed by atoms with Gasteiger partial charge in [-0.3, -0.25) is 4.52 Å². The van der Waals surface area contributed by atoms with Gasteiger partial charge in [0, 0.05) is 0 Å². The molecule has 0 radical (unpaired) electrons. The van der Waals surface area contributed by atoms with E-state index >= 15 is 0 Å². The largest absolute Gasteiger partial charge is 0.588 e. The fourth-order valence-electron chi connectivity index (χ4n) is 7.08. The molecule has 0 amide bonds. The average molecular weight is 641 g/mol. The lowest BCUT2D eigenvalue weighted by Crippen LogP contribution is -2.48. The zero-order chi connectivity index (χ0) is 32.2. The minimum absolute atomic E-state index is 0.0182. The Bertz CT molecular complexity index is 1260. The smallest absolute Gasteiger partial charge is 0.412 e. The maximum atomic E-state index is 14.6. The van der Waals surface area contributed by atoms with Crippen LogP contribution in [0.1, 0.15) is 73.1 Å². The summed E-state index contributed by atoms with van der Waals surface area (Å²) in [7, 11) is -5.81. The number of aliphatic hydroxyl groups is 1. The summed E-state index contributed by atoms with van der Waals surface area (Å²) in [6.07, 6.45) is 8.69. The van der Waals surface area contributed by atoms with Gasteiger partial charge in [0.15, 0.2) is 9.04 Å². The molecule has 2 aromatic carbocycles. The summed E-state index contributed by atoms with van der Waals surface area (Å²) >= 11 is 0. The van der Waals surface area contributed by atoms with Crippen molar-refractivity contribution < 1.29 is 27.7 Å². The van der Waals surface area contributed by atoms with Crippen molar-refractivity contribution in [3.05, 3.63) is 85.0 Å². The maximum Gasteiger partial charge on any atom is 0.588 e. The van der Waals surface area contributed by atoms with Crippen molar-refractivity contribution in [2.24, 2.45) is 23.2 Å². The number of fused-ring (bicyclic) bond motifs is 1. The first-order chi connectivity index (χ1) is 20.7. The number of benzene rings is 2. The lowest BCUT2D eigenvalue weighted by atomic mass is 9.72. The molecule has 2 aromatic rings. The van der Waals surface area contributed by atoms with E-state index in [0.717, 1.165) is 31.3 Å². The van der Waals surface area contributed by atoms with Crippen molar-refractivity contribution in [1.82, 2.24) is 0 Å². The summed E-state index contributed by atoms with van der Waals surface area (Å²) < 4.78 is 40.4. The monoisotopic (exact) mass is 640 g/mol. The molecular weight excluding hydrogens is 587 g/mol. The van der Waals surface area contributed by atoms with Crippen LogP contribution in [0.5, 0.6) is 11.5 Å². The van der Waals surface area contributed by atoms with Crippen LogP contribution in [0.4, 0.5) is 0 Å². The highest BCUT2D eigenvalue weighted by Gasteiger charge is 2.65. The van der Waals surface area contributed by atoms with E-state index in [1.54, 1.807) is 24.3 Å². The molecule has 4 rings (SSSR count). The van der Waals surface area contributed by atoms with Crippen LogP contribution in [0.2, 0.25) is 13.1 Å². The number of hydrogen-bond donors (Lipinski definition) is 1. The molecule has 0 saturated heterocycles. The lowest BCUT2D eigenvalue weighted by Gasteiger charge is -2.39. The summed E-state index contributed by atoms with van der Waals surface area (Å²) in [4.78, 5) is 0. The highest BCUT2D eigenvalue weighted by molar-refractivity contribution is 7.49. The van der Waals surface area contributed by atoms with Crippen molar-refractivity contribution in [2.45, 2.75) is 104 Å². The van der Waals surface area contributed by atoms with Gasteiger partial charge in [0.05, 0.1) is 11.2 Å². The number of allylic oxidation sites excluding steroid dienone is 1. The minimum Gasteiger partial charge on any atom is -0.412 e. The Morgan fingerprint density at radius 1 is 1.02 bits per heavy atom. The Balaban J connectivity index is 1.71. The highest BCUT2D eigenvalue weighted by atomic mass is 31.2. The second-order valence-corrected chi connectivity index (χ2v) is 18.1. The molecule has 0 bridgehead atoms. The molecule has 1 unspecified atom stereocenters. The molecule has 2 fully saturated rings. The molecule has 44 heavy (non-hydrogen) atoms. The summed E-state index contributed by atoms with van der Waals surface area (Å²) in [5.74, 6) is 1.34. The molecule has 2 aliphatic carbocycles. The lowest BCUT2D eigenvalue weighted by molar-refractivity contribution is -0.0412. The fourth-order valence-corrected chi connectivity index (χ4v) is 9.83. The van der Waals surface area contributed by atoms with Gasteiger partial charge in [-0.25, -0.2) is 4.57 Å². The molecule has 2 saturated carbocycles. The number of unbranched alkanes of at least 4 members (excludes halogenated alkanes) is 1. The van der Waals surface area contributed by atoms with Crippen molar-refractivity contribution in [1.29, 1.82) is 0 Å². The Labute approximate surface area is 267 Å². The van der Waals surface area contributed by atoms with Gasteiger partial charge < -0.3 is 18.6 Å². The van der Waals surface area contributed by atoms with Crippen molar-refractivity contribution in [2.75, 3.05) is 0 Å². The molecule has 0 heterocycles. The molecule has 242 valence electrons. The predicted octanol–water partition coefficient (Wildman–Crippen LogP) is 9.52. The van der Waals surface area contributed by atoms with E-state index in [4.69, 9.17) is 18.0 Å². The summed E-state index contributed by atoms with van der Waals surface area (Å²) in [5, 5.41) is 11.0. The maximum absolute atomic E-state index is 14.6. The number of phosphoric ester groups is 1. The van der Waals surface area contributed by atoms with Crippen LogP contribution >= 0.6 is 7.82 Å². The van der Waals surface area contributed by atoms with Crippen molar-refractivity contribution >= 4 is 16.9 Å². The summed E-state index contributed by atoms with van der Waals surface area (Å²) in [5.41, 5.74) is -0.624. The molecule has 1 N–H and O–H groups in total. The Kier molecular flexibility index (Phi) is 11.1. The molecule has 0 aromatic heterocycles. The SMILES string of the molecule is C=C1C[C@@H]2[C@H](/C=C/C[C@](C)(O)CCCC)[C@H](C(C)(C)C)C[C@@]2(O[SiH](C)C)C1OP(=O)(Oc1ccccc1)Oc1ccccc1.